The Morgan fingerprint density at radius 2 is 1.80 bits per heavy atom. The molecule has 4 aromatic rings. The summed E-state index contributed by atoms with van der Waals surface area (Å²) in [6, 6.07) is 5.49. The molecule has 1 saturated carbocycles. The van der Waals surface area contributed by atoms with Gasteiger partial charge in [-0.3, -0.25) is 14.3 Å². The Hall–Kier alpha value is -4.23. The largest absolute Gasteiger partial charge is 0.345 e. The average Bonchev–Trinajstić information content (AvgIpc) is 3.52. The summed E-state index contributed by atoms with van der Waals surface area (Å²) < 4.78 is 45.2. The van der Waals surface area contributed by atoms with Crippen LogP contribution in [0.15, 0.2) is 49.1 Å². The van der Waals surface area contributed by atoms with Crippen molar-refractivity contribution in [2.45, 2.75) is 38.1 Å². The van der Waals surface area contributed by atoms with E-state index in [1.165, 1.54) is 40.5 Å². The molecule has 2 aliphatic rings. The molecule has 1 aliphatic heterocycles. The van der Waals surface area contributed by atoms with E-state index in [0.717, 1.165) is 24.2 Å². The number of hydrogen-bond acceptors (Lipinski definition) is 7. The first-order valence-corrected chi connectivity index (χ1v) is 14.7. The highest BCUT2D eigenvalue weighted by molar-refractivity contribution is 7.90. The zero-order valence-corrected chi connectivity index (χ0v) is 23.3. The lowest BCUT2D eigenvalue weighted by Gasteiger charge is -2.23. The van der Waals surface area contributed by atoms with Crippen LogP contribution in [0.2, 0.25) is 0 Å². The number of nitrogens with one attached hydrogen (secondary N) is 2. The first-order chi connectivity index (χ1) is 19.6. The molecule has 4 heterocycles. The summed E-state index contributed by atoms with van der Waals surface area (Å²) in [5.41, 5.74) is 1.46. The Balaban J connectivity index is 1.25. The van der Waals surface area contributed by atoms with Gasteiger partial charge in [0, 0.05) is 85.9 Å². The van der Waals surface area contributed by atoms with Crippen LogP contribution in [-0.2, 0) is 15.0 Å². The van der Waals surface area contributed by atoms with Gasteiger partial charge < -0.3 is 9.88 Å². The van der Waals surface area contributed by atoms with E-state index in [1.807, 2.05) is 0 Å². The number of benzene rings is 1. The fourth-order valence-electron chi connectivity index (χ4n) is 5.03. The van der Waals surface area contributed by atoms with Gasteiger partial charge in [0.05, 0.1) is 11.3 Å². The third-order valence-electron chi connectivity index (χ3n) is 7.72. The topological polar surface area (TPSA) is 141 Å². The summed E-state index contributed by atoms with van der Waals surface area (Å²) in [5, 5.41) is 0.488. The van der Waals surface area contributed by atoms with Crippen LogP contribution in [0.1, 0.15) is 53.8 Å². The number of hydrogen-bond donors (Lipinski definition) is 2. The quantitative estimate of drug-likeness (QED) is 0.306. The first-order valence-electron chi connectivity index (χ1n) is 13.3. The smallest absolute Gasteiger partial charge is 0.301 e. The zero-order chi connectivity index (χ0) is 28.9. The highest BCUT2D eigenvalue weighted by atomic mass is 32.2. The van der Waals surface area contributed by atoms with Crippen LogP contribution >= 0.6 is 0 Å². The molecule has 1 saturated heterocycles. The first kappa shape index (κ1) is 27.0. The summed E-state index contributed by atoms with van der Waals surface area (Å²) in [6.07, 6.45) is 9.22. The highest BCUT2D eigenvalue weighted by Crippen LogP contribution is 2.38. The normalized spacial score (nSPS) is 17.6. The molecule has 1 aromatic carbocycles. The number of anilines is 1. The van der Waals surface area contributed by atoms with Crippen LogP contribution in [0, 0.1) is 5.82 Å². The van der Waals surface area contributed by atoms with E-state index in [2.05, 4.69) is 24.7 Å². The van der Waals surface area contributed by atoms with E-state index in [-0.39, 0.29) is 41.9 Å². The van der Waals surface area contributed by atoms with Gasteiger partial charge in [-0.05, 0) is 37.5 Å². The van der Waals surface area contributed by atoms with Crippen molar-refractivity contribution in [2.75, 3.05) is 24.9 Å². The standard InChI is InChI=1S/C28H28FN7O4S/c1-16(37)35(2)20-8-9-36(15-20)41(39,40)34-24-5-3-4-21(25(24)29)26(38)23-14-33-28-22(23)10-18(11-32-28)19-12-30-27(31-13-19)17-6-7-17/h3-5,10-14,17,20,34H,6-9,15H2,1-2H3,(H,32,33). The highest BCUT2D eigenvalue weighted by Gasteiger charge is 2.35. The SMILES string of the molecule is CC(=O)N(C)C1CCN(S(=O)(=O)Nc2cccc(C(=O)c3c[nH]c4ncc(-c5cnc(C6CC6)nc5)cc34)c2F)C1. The van der Waals surface area contributed by atoms with Crippen molar-refractivity contribution in [3.05, 3.63) is 71.8 Å². The molecule has 13 heteroatoms. The minimum absolute atomic E-state index is 0.0880. The average molecular weight is 578 g/mol. The van der Waals surface area contributed by atoms with Crippen LogP contribution in [0.4, 0.5) is 10.1 Å². The number of pyridine rings is 1. The fourth-order valence-corrected chi connectivity index (χ4v) is 6.30. The lowest BCUT2D eigenvalue weighted by Crippen LogP contribution is -2.40. The van der Waals surface area contributed by atoms with Crippen LogP contribution in [0.5, 0.6) is 0 Å². The second-order valence-corrected chi connectivity index (χ2v) is 12.1. The number of rotatable bonds is 8. The minimum atomic E-state index is -4.13. The fraction of sp³-hybridized carbons (Fsp3) is 0.321. The van der Waals surface area contributed by atoms with E-state index in [1.54, 1.807) is 31.7 Å². The van der Waals surface area contributed by atoms with E-state index in [4.69, 9.17) is 0 Å². The Labute approximate surface area is 236 Å². The van der Waals surface area contributed by atoms with Crippen LogP contribution in [-0.4, -0.2) is 75.4 Å². The minimum Gasteiger partial charge on any atom is -0.345 e. The van der Waals surface area contributed by atoms with Crippen molar-refractivity contribution in [3.63, 3.8) is 0 Å². The van der Waals surface area contributed by atoms with Gasteiger partial charge in [0.25, 0.3) is 0 Å². The maximum absolute atomic E-state index is 15.6. The monoisotopic (exact) mass is 577 g/mol. The van der Waals surface area contributed by atoms with Gasteiger partial charge in [0.15, 0.2) is 11.6 Å². The molecular weight excluding hydrogens is 549 g/mol. The van der Waals surface area contributed by atoms with Crippen molar-refractivity contribution < 1.29 is 22.4 Å². The third-order valence-corrected chi connectivity index (χ3v) is 9.21. The number of aromatic nitrogens is 4. The molecule has 1 unspecified atom stereocenters. The predicted molar refractivity (Wildman–Crippen MR) is 150 cm³/mol. The lowest BCUT2D eigenvalue weighted by molar-refractivity contribution is -0.129. The number of carbonyl (C=O) groups is 2. The van der Waals surface area contributed by atoms with Crippen molar-refractivity contribution >= 4 is 38.6 Å². The number of fused-ring (bicyclic) bond motifs is 1. The molecule has 1 aliphatic carbocycles. The number of carbonyl (C=O) groups excluding carboxylic acids is 2. The van der Waals surface area contributed by atoms with E-state index in [0.29, 0.717) is 28.9 Å². The molecule has 1 atom stereocenters. The molecule has 41 heavy (non-hydrogen) atoms. The van der Waals surface area contributed by atoms with Gasteiger partial charge in [-0.1, -0.05) is 6.07 Å². The predicted octanol–water partition coefficient (Wildman–Crippen LogP) is 3.48. The molecule has 0 bridgehead atoms. The van der Waals surface area contributed by atoms with E-state index >= 15 is 4.39 Å². The Morgan fingerprint density at radius 1 is 1.07 bits per heavy atom. The van der Waals surface area contributed by atoms with Gasteiger partial charge in [-0.15, -0.1) is 0 Å². The lowest BCUT2D eigenvalue weighted by atomic mass is 10.0. The maximum Gasteiger partial charge on any atom is 0.301 e. The molecular formula is C28H28FN7O4S. The summed E-state index contributed by atoms with van der Waals surface area (Å²) >= 11 is 0. The van der Waals surface area contributed by atoms with Crippen molar-refractivity contribution in [1.29, 1.82) is 0 Å². The van der Waals surface area contributed by atoms with Gasteiger partial charge in [-0.25, -0.2) is 19.3 Å². The number of halogens is 1. The molecule has 212 valence electrons. The Bertz CT molecular complexity index is 1770. The number of amides is 1. The van der Waals surface area contributed by atoms with Gasteiger partial charge >= 0.3 is 10.2 Å². The van der Waals surface area contributed by atoms with E-state index in [9.17, 15) is 18.0 Å². The van der Waals surface area contributed by atoms with Crippen LogP contribution < -0.4 is 4.72 Å². The van der Waals surface area contributed by atoms with Gasteiger partial charge in [-0.2, -0.15) is 12.7 Å². The molecule has 6 rings (SSSR count). The van der Waals surface area contributed by atoms with Crippen molar-refractivity contribution in [3.8, 4) is 11.1 Å². The summed E-state index contributed by atoms with van der Waals surface area (Å²) in [7, 11) is -2.52. The molecule has 2 fully saturated rings. The second kappa shape index (κ2) is 10.3. The van der Waals surface area contributed by atoms with Gasteiger partial charge in [0.1, 0.15) is 11.5 Å². The molecule has 2 N–H and O–H groups in total. The number of aromatic amines is 1. The number of ketones is 1. The van der Waals surface area contributed by atoms with E-state index < -0.39 is 21.8 Å². The summed E-state index contributed by atoms with van der Waals surface area (Å²) in [5.74, 6) is -0.536. The summed E-state index contributed by atoms with van der Waals surface area (Å²) in [6.45, 7) is 1.68. The Kier molecular flexibility index (Phi) is 6.78. The Morgan fingerprint density at radius 3 is 2.51 bits per heavy atom. The van der Waals surface area contributed by atoms with Crippen molar-refractivity contribution in [2.24, 2.45) is 0 Å². The van der Waals surface area contributed by atoms with Gasteiger partial charge in [0.2, 0.25) is 5.91 Å². The third kappa shape index (κ3) is 5.18. The maximum atomic E-state index is 15.6. The molecule has 3 aromatic heterocycles. The zero-order valence-electron chi connectivity index (χ0n) is 22.5. The van der Waals surface area contributed by atoms with Crippen molar-refractivity contribution in [1.82, 2.24) is 29.1 Å². The number of H-pyrrole nitrogens is 1. The van der Waals surface area contributed by atoms with Crippen LogP contribution in [0.3, 0.4) is 0 Å². The number of nitrogens with zero attached hydrogens (tertiary/aromatic N) is 5. The molecule has 0 spiro atoms. The molecule has 1 amide bonds. The van der Waals surface area contributed by atoms with Crippen LogP contribution in [0.25, 0.3) is 22.2 Å². The number of likely N-dealkylation sites (N-methyl/N-ethyl adjacent to an activating group) is 1. The summed E-state index contributed by atoms with van der Waals surface area (Å²) in [4.78, 5) is 43.0. The molecule has 11 nitrogen and oxygen atoms in total. The molecule has 0 radical (unpaired) electrons. The second-order valence-electron chi connectivity index (χ2n) is 10.5.